The van der Waals surface area contributed by atoms with E-state index in [0.29, 0.717) is 35.1 Å². The molecule has 0 amide bonds. The van der Waals surface area contributed by atoms with Crippen LogP contribution in [-0.4, -0.2) is 41.4 Å². The molecule has 1 aliphatic rings. The van der Waals surface area contributed by atoms with E-state index < -0.39 is 0 Å². The molecule has 0 radical (unpaired) electrons. The summed E-state index contributed by atoms with van der Waals surface area (Å²) in [5.74, 6) is 1.72. The number of hydrogen-bond donors (Lipinski definition) is 2. The number of nitrogens with one attached hydrogen (secondary N) is 2. The third-order valence-electron chi connectivity index (χ3n) is 3.59. The lowest BCUT2D eigenvalue weighted by Gasteiger charge is -2.14. The van der Waals surface area contributed by atoms with Gasteiger partial charge in [-0.2, -0.15) is 9.97 Å². The average Bonchev–Trinajstić information content (AvgIpc) is 3.14. The fourth-order valence-corrected chi connectivity index (χ4v) is 2.56. The minimum absolute atomic E-state index is 0.197. The first-order valence-corrected chi connectivity index (χ1v) is 8.46. The van der Waals surface area contributed by atoms with Crippen molar-refractivity contribution in [2.45, 2.75) is 18.9 Å². The molecule has 2 heterocycles. The Morgan fingerprint density at radius 1 is 1.28 bits per heavy atom. The standard InChI is InChI=1S/C17H20N4O3S/c1-22-14-10-15(24-12-6-3-2-4-7-12)20-16(19-14)21-17(25)18-11-13-8-5-9-23-13/h2-4,6-7,10,13H,5,8-9,11H2,1H3,(H2,18,19,20,21,25)/t13-/m1/s1. The van der Waals surface area contributed by atoms with Crippen LogP contribution < -0.4 is 20.1 Å². The van der Waals surface area contributed by atoms with Gasteiger partial charge in [0, 0.05) is 13.2 Å². The Hall–Kier alpha value is -2.45. The fourth-order valence-electron chi connectivity index (χ4n) is 2.38. The molecule has 0 unspecified atom stereocenters. The average molecular weight is 360 g/mol. The molecular weight excluding hydrogens is 340 g/mol. The number of aromatic nitrogens is 2. The first-order chi connectivity index (χ1) is 12.2. The molecule has 132 valence electrons. The molecular formula is C17H20N4O3S. The molecule has 0 saturated carbocycles. The van der Waals surface area contributed by atoms with Gasteiger partial charge in [0.1, 0.15) is 5.75 Å². The van der Waals surface area contributed by atoms with Crippen molar-refractivity contribution in [3.8, 4) is 17.5 Å². The van der Waals surface area contributed by atoms with Crippen molar-refractivity contribution in [3.05, 3.63) is 36.4 Å². The van der Waals surface area contributed by atoms with Crippen LogP contribution in [0.4, 0.5) is 5.95 Å². The normalized spacial score (nSPS) is 16.3. The molecule has 0 spiro atoms. The number of rotatable bonds is 6. The minimum Gasteiger partial charge on any atom is -0.481 e. The second-order valence-electron chi connectivity index (χ2n) is 5.46. The predicted molar refractivity (Wildman–Crippen MR) is 98.3 cm³/mol. The molecule has 1 aromatic carbocycles. The summed E-state index contributed by atoms with van der Waals surface area (Å²) >= 11 is 5.28. The molecule has 7 nitrogen and oxygen atoms in total. The second-order valence-corrected chi connectivity index (χ2v) is 5.87. The molecule has 3 rings (SSSR count). The molecule has 1 fully saturated rings. The largest absolute Gasteiger partial charge is 0.481 e. The minimum atomic E-state index is 0.197. The molecule has 2 N–H and O–H groups in total. The van der Waals surface area contributed by atoms with E-state index in [2.05, 4.69) is 20.6 Å². The molecule has 1 aliphatic heterocycles. The van der Waals surface area contributed by atoms with Crippen molar-refractivity contribution >= 4 is 23.3 Å². The van der Waals surface area contributed by atoms with Crippen LogP contribution in [0.15, 0.2) is 36.4 Å². The number of benzene rings is 1. The summed E-state index contributed by atoms with van der Waals surface area (Å²) in [4.78, 5) is 8.54. The van der Waals surface area contributed by atoms with Crippen LogP contribution in [0.25, 0.3) is 0 Å². The topological polar surface area (TPSA) is 77.5 Å². The molecule has 0 bridgehead atoms. The Morgan fingerprint density at radius 3 is 2.80 bits per heavy atom. The van der Waals surface area contributed by atoms with Gasteiger partial charge in [-0.25, -0.2) is 0 Å². The number of para-hydroxylation sites is 1. The lowest BCUT2D eigenvalue weighted by molar-refractivity contribution is 0.114. The highest BCUT2D eigenvalue weighted by Gasteiger charge is 2.16. The number of hydrogen-bond acceptors (Lipinski definition) is 6. The van der Waals surface area contributed by atoms with Gasteiger partial charge in [-0.1, -0.05) is 18.2 Å². The van der Waals surface area contributed by atoms with E-state index in [9.17, 15) is 0 Å². The Labute approximate surface area is 151 Å². The van der Waals surface area contributed by atoms with Gasteiger partial charge in [0.15, 0.2) is 5.11 Å². The van der Waals surface area contributed by atoms with Gasteiger partial charge < -0.3 is 24.8 Å². The summed E-state index contributed by atoms with van der Waals surface area (Å²) in [6.07, 6.45) is 2.33. The third-order valence-corrected chi connectivity index (χ3v) is 3.84. The van der Waals surface area contributed by atoms with Crippen molar-refractivity contribution < 1.29 is 14.2 Å². The maximum atomic E-state index is 5.73. The number of thiocarbonyl (C=S) groups is 1. The van der Waals surface area contributed by atoms with Crippen LogP contribution in [0, 0.1) is 0 Å². The van der Waals surface area contributed by atoms with Crippen molar-refractivity contribution in [3.63, 3.8) is 0 Å². The van der Waals surface area contributed by atoms with Gasteiger partial charge in [-0.05, 0) is 37.2 Å². The van der Waals surface area contributed by atoms with Crippen molar-refractivity contribution in [2.24, 2.45) is 0 Å². The SMILES string of the molecule is COc1cc(Oc2ccccc2)nc(NC(=S)NC[C@H]2CCCO2)n1. The lowest BCUT2D eigenvalue weighted by Crippen LogP contribution is -2.35. The molecule has 1 atom stereocenters. The van der Waals surface area contributed by atoms with Crippen molar-refractivity contribution in [1.82, 2.24) is 15.3 Å². The number of nitrogens with zero attached hydrogens (tertiary/aromatic N) is 2. The van der Waals surface area contributed by atoms with Crippen LogP contribution in [-0.2, 0) is 4.74 Å². The van der Waals surface area contributed by atoms with Gasteiger partial charge in [-0.3, -0.25) is 0 Å². The number of anilines is 1. The highest BCUT2D eigenvalue weighted by atomic mass is 32.1. The van der Waals surface area contributed by atoms with Gasteiger partial charge >= 0.3 is 0 Å². The van der Waals surface area contributed by atoms with Crippen LogP contribution in [0.5, 0.6) is 17.5 Å². The Bertz CT molecular complexity index is 708. The maximum Gasteiger partial charge on any atom is 0.235 e. The predicted octanol–water partition coefficient (Wildman–Crippen LogP) is 2.74. The van der Waals surface area contributed by atoms with E-state index in [0.717, 1.165) is 19.4 Å². The van der Waals surface area contributed by atoms with E-state index in [-0.39, 0.29) is 6.10 Å². The van der Waals surface area contributed by atoms with E-state index in [1.54, 1.807) is 6.07 Å². The quantitative estimate of drug-likeness (QED) is 0.762. The third kappa shape index (κ3) is 5.27. The fraction of sp³-hybridized carbons (Fsp3) is 0.353. The lowest BCUT2D eigenvalue weighted by atomic mass is 10.2. The Kier molecular flexibility index (Phi) is 5.97. The summed E-state index contributed by atoms with van der Waals surface area (Å²) in [6, 6.07) is 11.0. The molecule has 0 aliphatic carbocycles. The van der Waals surface area contributed by atoms with E-state index in [1.165, 1.54) is 7.11 Å². The Morgan fingerprint density at radius 2 is 2.08 bits per heavy atom. The summed E-state index contributed by atoms with van der Waals surface area (Å²) in [5, 5.41) is 6.49. The van der Waals surface area contributed by atoms with Crippen molar-refractivity contribution in [2.75, 3.05) is 25.6 Å². The first kappa shape index (κ1) is 17.4. The van der Waals surface area contributed by atoms with Crippen molar-refractivity contribution in [1.29, 1.82) is 0 Å². The zero-order valence-corrected chi connectivity index (χ0v) is 14.7. The van der Waals surface area contributed by atoms with E-state index in [4.69, 9.17) is 26.4 Å². The second kappa shape index (κ2) is 8.59. The molecule has 1 saturated heterocycles. The molecule has 8 heteroatoms. The molecule has 1 aromatic heterocycles. The zero-order valence-electron chi connectivity index (χ0n) is 13.9. The summed E-state index contributed by atoms with van der Waals surface area (Å²) in [6.45, 7) is 1.47. The van der Waals surface area contributed by atoms with Gasteiger partial charge in [0.25, 0.3) is 0 Å². The summed E-state index contributed by atoms with van der Waals surface area (Å²) in [7, 11) is 1.53. The zero-order chi connectivity index (χ0) is 17.5. The van der Waals surface area contributed by atoms with Gasteiger partial charge in [0.2, 0.25) is 17.7 Å². The van der Waals surface area contributed by atoms with Crippen LogP contribution in [0.3, 0.4) is 0 Å². The monoisotopic (exact) mass is 360 g/mol. The van der Waals surface area contributed by atoms with Gasteiger partial charge in [-0.15, -0.1) is 0 Å². The highest BCUT2D eigenvalue weighted by molar-refractivity contribution is 7.80. The highest BCUT2D eigenvalue weighted by Crippen LogP contribution is 2.23. The Balaban J connectivity index is 1.63. The number of methoxy groups -OCH3 is 1. The summed E-state index contributed by atoms with van der Waals surface area (Å²) in [5.41, 5.74) is 0. The smallest absolute Gasteiger partial charge is 0.235 e. The molecule has 25 heavy (non-hydrogen) atoms. The first-order valence-electron chi connectivity index (χ1n) is 8.05. The summed E-state index contributed by atoms with van der Waals surface area (Å²) < 4.78 is 16.5. The maximum absolute atomic E-state index is 5.73. The van der Waals surface area contributed by atoms with E-state index >= 15 is 0 Å². The van der Waals surface area contributed by atoms with Crippen LogP contribution in [0.1, 0.15) is 12.8 Å². The molecule has 2 aromatic rings. The van der Waals surface area contributed by atoms with E-state index in [1.807, 2.05) is 30.3 Å². The van der Waals surface area contributed by atoms with Crippen LogP contribution in [0.2, 0.25) is 0 Å². The number of ether oxygens (including phenoxy) is 3. The van der Waals surface area contributed by atoms with Gasteiger partial charge in [0.05, 0.1) is 19.3 Å². The van der Waals surface area contributed by atoms with Crippen LogP contribution >= 0.6 is 12.2 Å².